The smallest absolute Gasteiger partial charge is 0.271 e. The van der Waals surface area contributed by atoms with Crippen LogP contribution in [-0.2, 0) is 4.74 Å². The van der Waals surface area contributed by atoms with Gasteiger partial charge in [-0.05, 0) is 45.8 Å². The molecule has 6 nitrogen and oxygen atoms in total. The third-order valence-electron chi connectivity index (χ3n) is 3.31. The lowest BCUT2D eigenvalue weighted by Gasteiger charge is -2.07. The zero-order chi connectivity index (χ0) is 17.8. The Labute approximate surface area is 156 Å². The minimum Gasteiger partial charge on any atom is -0.466 e. The van der Waals surface area contributed by atoms with Crippen LogP contribution in [0.15, 0.2) is 40.9 Å². The molecule has 3 aromatic rings. The maximum atomic E-state index is 10.8. The number of fused-ring (bicyclic) bond motifs is 1. The Balaban J connectivity index is 1.80. The fourth-order valence-corrected chi connectivity index (χ4v) is 3.51. The number of halogens is 1. The van der Waals surface area contributed by atoms with Gasteiger partial charge in [-0.2, -0.15) is 0 Å². The van der Waals surface area contributed by atoms with Gasteiger partial charge in [0.15, 0.2) is 6.79 Å². The predicted molar refractivity (Wildman–Crippen MR) is 102 cm³/mol. The molecule has 0 saturated heterocycles. The highest BCUT2D eigenvalue weighted by Crippen LogP contribution is 2.29. The Morgan fingerprint density at radius 3 is 2.84 bits per heavy atom. The number of thiazole rings is 1. The molecule has 25 heavy (non-hydrogen) atoms. The zero-order valence-electron chi connectivity index (χ0n) is 13.1. The van der Waals surface area contributed by atoms with Crippen molar-refractivity contribution in [2.75, 3.05) is 13.9 Å². The van der Waals surface area contributed by atoms with Gasteiger partial charge in [0.05, 0.1) is 19.6 Å². The first-order valence-electron chi connectivity index (χ1n) is 7.21. The number of aromatic nitrogens is 1. The summed E-state index contributed by atoms with van der Waals surface area (Å²) < 4.78 is 12.0. The molecular formula is C17H13BrN2O4S. The molecule has 0 aliphatic heterocycles. The topological polar surface area (TPSA) is 74.5 Å². The molecule has 0 atom stereocenters. The van der Waals surface area contributed by atoms with Gasteiger partial charge < -0.3 is 9.47 Å². The second kappa shape index (κ2) is 7.73. The van der Waals surface area contributed by atoms with Crippen LogP contribution >= 0.6 is 27.3 Å². The predicted octanol–water partition coefficient (Wildman–Crippen LogP) is 5.12. The third-order valence-corrected chi connectivity index (χ3v) is 4.93. The number of nitro benzene ring substituents is 1. The van der Waals surface area contributed by atoms with E-state index in [2.05, 4.69) is 20.9 Å². The fraction of sp³-hybridized carbons (Fsp3) is 0.118. The van der Waals surface area contributed by atoms with Crippen molar-refractivity contribution >= 4 is 55.3 Å². The molecule has 0 spiro atoms. The average Bonchev–Trinajstić information content (AvgIpc) is 3.01. The lowest BCUT2D eigenvalue weighted by Crippen LogP contribution is -1.99. The van der Waals surface area contributed by atoms with Gasteiger partial charge in [0.25, 0.3) is 5.69 Å². The number of nitrogens with zero attached hydrogens (tertiary/aromatic N) is 2. The van der Waals surface area contributed by atoms with E-state index in [9.17, 15) is 10.1 Å². The maximum Gasteiger partial charge on any atom is 0.271 e. The zero-order valence-corrected chi connectivity index (χ0v) is 15.5. The number of rotatable bonds is 6. The molecule has 8 heteroatoms. The second-order valence-corrected chi connectivity index (χ2v) is 6.95. The molecule has 0 bridgehead atoms. The highest BCUT2D eigenvalue weighted by atomic mass is 79.9. The average molecular weight is 421 g/mol. The van der Waals surface area contributed by atoms with Crippen LogP contribution in [-0.4, -0.2) is 23.8 Å². The molecule has 0 saturated carbocycles. The molecule has 0 fully saturated rings. The van der Waals surface area contributed by atoms with Crippen molar-refractivity contribution in [3.63, 3.8) is 0 Å². The summed E-state index contributed by atoms with van der Waals surface area (Å²) in [5.41, 5.74) is 1.65. The normalized spacial score (nSPS) is 11.3. The number of benzene rings is 2. The summed E-state index contributed by atoms with van der Waals surface area (Å²) in [5, 5.41) is 11.6. The van der Waals surface area contributed by atoms with Gasteiger partial charge in [-0.25, -0.2) is 4.98 Å². The summed E-state index contributed by atoms with van der Waals surface area (Å²) >= 11 is 4.94. The van der Waals surface area contributed by atoms with Crippen molar-refractivity contribution in [3.05, 3.63) is 61.6 Å². The lowest BCUT2D eigenvalue weighted by molar-refractivity contribution is -0.384. The molecule has 0 aliphatic rings. The second-order valence-electron chi connectivity index (χ2n) is 5.04. The first kappa shape index (κ1) is 17.5. The van der Waals surface area contributed by atoms with Crippen LogP contribution in [0.5, 0.6) is 5.75 Å². The molecule has 1 heterocycles. The monoisotopic (exact) mass is 420 g/mol. The van der Waals surface area contributed by atoms with Crippen molar-refractivity contribution in [2.45, 2.75) is 0 Å². The van der Waals surface area contributed by atoms with Crippen molar-refractivity contribution < 1.29 is 14.4 Å². The van der Waals surface area contributed by atoms with E-state index in [-0.39, 0.29) is 12.5 Å². The van der Waals surface area contributed by atoms with E-state index in [4.69, 9.17) is 9.47 Å². The van der Waals surface area contributed by atoms with Gasteiger partial charge >= 0.3 is 0 Å². The molecule has 0 radical (unpaired) electrons. The van der Waals surface area contributed by atoms with Crippen LogP contribution in [0.4, 0.5) is 5.69 Å². The van der Waals surface area contributed by atoms with Crippen molar-refractivity contribution in [2.24, 2.45) is 0 Å². The van der Waals surface area contributed by atoms with E-state index in [0.717, 1.165) is 19.7 Å². The van der Waals surface area contributed by atoms with E-state index in [0.29, 0.717) is 11.3 Å². The van der Waals surface area contributed by atoms with Gasteiger partial charge in [-0.1, -0.05) is 12.1 Å². The van der Waals surface area contributed by atoms with Gasteiger partial charge in [0, 0.05) is 19.2 Å². The van der Waals surface area contributed by atoms with E-state index >= 15 is 0 Å². The largest absolute Gasteiger partial charge is 0.466 e. The molecule has 128 valence electrons. The van der Waals surface area contributed by atoms with Crippen LogP contribution in [0.2, 0.25) is 0 Å². The minimum atomic E-state index is -0.418. The summed E-state index contributed by atoms with van der Waals surface area (Å²) in [6, 6.07) is 10.4. The quantitative estimate of drug-likeness (QED) is 0.314. The molecule has 3 rings (SSSR count). The van der Waals surface area contributed by atoms with Crippen molar-refractivity contribution in [1.82, 2.24) is 4.98 Å². The van der Waals surface area contributed by atoms with Crippen LogP contribution in [0, 0.1) is 10.1 Å². The van der Waals surface area contributed by atoms with E-state index < -0.39 is 4.92 Å². The summed E-state index contributed by atoms with van der Waals surface area (Å²) in [7, 11) is 1.57. The Hall–Kier alpha value is -2.29. The molecule has 2 aromatic carbocycles. The van der Waals surface area contributed by atoms with Crippen LogP contribution in [0.25, 0.3) is 22.4 Å². The highest BCUT2D eigenvalue weighted by molar-refractivity contribution is 9.10. The fourth-order valence-electron chi connectivity index (χ4n) is 2.15. The third kappa shape index (κ3) is 4.22. The van der Waals surface area contributed by atoms with E-state index in [1.54, 1.807) is 13.2 Å². The molecule has 0 aliphatic carbocycles. The first-order valence-corrected chi connectivity index (χ1v) is 8.82. The standard InChI is InChI=1S/C17H13BrN2O4S/c1-23-10-24-15-5-2-11(8-13(15)18)3-7-17-19-14-9-12(20(21)22)4-6-16(14)25-17/h2-9H,10H2,1H3/b7-3+. The molecule has 0 amide bonds. The molecule has 1 aromatic heterocycles. The van der Waals surface area contributed by atoms with Gasteiger partial charge in [0.2, 0.25) is 0 Å². The van der Waals surface area contributed by atoms with Crippen molar-refractivity contribution in [3.8, 4) is 5.75 Å². The number of non-ortho nitro benzene ring substituents is 1. The Bertz CT molecular complexity index is 955. The summed E-state index contributed by atoms with van der Waals surface area (Å²) in [6.45, 7) is 0.186. The van der Waals surface area contributed by atoms with Crippen LogP contribution < -0.4 is 4.74 Å². The summed E-state index contributed by atoms with van der Waals surface area (Å²) in [4.78, 5) is 14.8. The Morgan fingerprint density at radius 2 is 2.12 bits per heavy atom. The Morgan fingerprint density at radius 1 is 1.28 bits per heavy atom. The minimum absolute atomic E-state index is 0.0453. The summed E-state index contributed by atoms with van der Waals surface area (Å²) in [5.74, 6) is 0.700. The number of hydrogen-bond donors (Lipinski definition) is 0. The molecular weight excluding hydrogens is 408 g/mol. The van der Waals surface area contributed by atoms with Crippen LogP contribution in [0.1, 0.15) is 10.6 Å². The summed E-state index contributed by atoms with van der Waals surface area (Å²) in [6.07, 6.45) is 3.81. The molecule has 0 unspecified atom stereocenters. The number of methoxy groups -OCH3 is 1. The first-order chi connectivity index (χ1) is 12.1. The highest BCUT2D eigenvalue weighted by Gasteiger charge is 2.09. The Kier molecular flexibility index (Phi) is 5.42. The number of nitro groups is 1. The SMILES string of the molecule is COCOc1ccc(/C=C/c2nc3cc([N+](=O)[O-])ccc3s2)cc1Br. The van der Waals surface area contributed by atoms with E-state index in [1.165, 1.54) is 23.5 Å². The molecule has 0 N–H and O–H groups in total. The van der Waals surface area contributed by atoms with Gasteiger partial charge in [0.1, 0.15) is 10.8 Å². The van der Waals surface area contributed by atoms with Crippen molar-refractivity contribution in [1.29, 1.82) is 0 Å². The van der Waals surface area contributed by atoms with Gasteiger partial charge in [-0.3, -0.25) is 10.1 Å². The number of ether oxygens (including phenoxy) is 2. The van der Waals surface area contributed by atoms with Crippen LogP contribution in [0.3, 0.4) is 0 Å². The maximum absolute atomic E-state index is 10.8. The number of hydrogen-bond acceptors (Lipinski definition) is 6. The van der Waals surface area contributed by atoms with Gasteiger partial charge in [-0.15, -0.1) is 11.3 Å². The lowest BCUT2D eigenvalue weighted by atomic mass is 10.2. The van der Waals surface area contributed by atoms with E-state index in [1.807, 2.05) is 30.4 Å².